The minimum Gasteiger partial charge on any atom is -0.388 e. The van der Waals surface area contributed by atoms with Gasteiger partial charge in [0.1, 0.15) is 10.7 Å². The normalized spacial score (nSPS) is 11.5. The lowest BCUT2D eigenvalue weighted by atomic mass is 9.98. The monoisotopic (exact) mass is 336 g/mol. The Morgan fingerprint density at radius 3 is 2.57 bits per heavy atom. The van der Waals surface area contributed by atoms with Gasteiger partial charge >= 0.3 is 0 Å². The van der Waals surface area contributed by atoms with E-state index in [1.54, 1.807) is 12.1 Å². The molecule has 0 atom stereocenters. The third-order valence-corrected chi connectivity index (χ3v) is 4.94. The summed E-state index contributed by atoms with van der Waals surface area (Å²) in [5, 5.41) is 13.7. The van der Waals surface area contributed by atoms with Crippen LogP contribution in [0.4, 0.5) is 4.39 Å². The Labute approximate surface area is 139 Å². The number of hydrogen-bond acceptors (Lipinski definition) is 4. The molecule has 0 unspecified atom stereocenters. The quantitative estimate of drug-likeness (QED) is 0.816. The van der Waals surface area contributed by atoms with Crippen LogP contribution in [0.5, 0.6) is 0 Å². The largest absolute Gasteiger partial charge is 0.388 e. The molecule has 0 radical (unpaired) electrons. The van der Waals surface area contributed by atoms with Crippen molar-refractivity contribution >= 4 is 17.2 Å². The number of benzene rings is 1. The number of carbonyl (C=O) groups excluding carboxylic acids is 1. The first kappa shape index (κ1) is 17.6. The van der Waals surface area contributed by atoms with Crippen LogP contribution in [0.25, 0.3) is 0 Å². The van der Waals surface area contributed by atoms with Crippen molar-refractivity contribution in [2.75, 3.05) is 6.54 Å². The zero-order valence-corrected chi connectivity index (χ0v) is 14.1. The molecule has 0 saturated carbocycles. The topological polar surface area (TPSA) is 62.2 Å². The number of hydrogen-bond donors (Lipinski definition) is 2. The second-order valence-electron chi connectivity index (χ2n) is 5.54. The Kier molecular flexibility index (Phi) is 5.85. The lowest BCUT2D eigenvalue weighted by molar-refractivity contribution is 0.0314. The fourth-order valence-corrected chi connectivity index (χ4v) is 2.97. The fraction of sp³-hybridized carbons (Fsp3) is 0.412. The summed E-state index contributed by atoms with van der Waals surface area (Å²) in [7, 11) is 0. The highest BCUT2D eigenvalue weighted by molar-refractivity contribution is 7.13. The van der Waals surface area contributed by atoms with E-state index in [1.165, 1.54) is 29.7 Å². The van der Waals surface area contributed by atoms with Crippen molar-refractivity contribution in [1.82, 2.24) is 10.3 Å². The van der Waals surface area contributed by atoms with E-state index in [4.69, 9.17) is 0 Å². The minimum atomic E-state index is -0.864. The lowest BCUT2D eigenvalue weighted by Crippen LogP contribution is -2.41. The Bertz CT molecular complexity index is 651. The van der Waals surface area contributed by atoms with Gasteiger partial charge in [0.25, 0.3) is 5.91 Å². The Morgan fingerprint density at radius 1 is 1.30 bits per heavy atom. The molecular formula is C17H21FN2O2S. The van der Waals surface area contributed by atoms with Crippen molar-refractivity contribution in [2.24, 2.45) is 0 Å². The van der Waals surface area contributed by atoms with Gasteiger partial charge in [0.15, 0.2) is 0 Å². The summed E-state index contributed by atoms with van der Waals surface area (Å²) < 4.78 is 12.9. The number of halogens is 1. The summed E-state index contributed by atoms with van der Waals surface area (Å²) in [5.41, 5.74) is 0.0798. The van der Waals surface area contributed by atoms with Crippen molar-refractivity contribution in [3.05, 3.63) is 51.7 Å². The standard InChI is InChI=1S/C17H21FN2O2S/c1-3-17(22,4-2)11-20-16(21)14-10-19-15(23-14)9-12-5-7-13(18)8-6-12/h5-8,10,22H,3-4,9,11H2,1-2H3,(H,20,21). The Morgan fingerprint density at radius 2 is 1.96 bits per heavy atom. The Balaban J connectivity index is 1.95. The second kappa shape index (κ2) is 7.66. The van der Waals surface area contributed by atoms with Crippen LogP contribution in [0.15, 0.2) is 30.5 Å². The molecule has 0 bridgehead atoms. The molecule has 0 aliphatic heterocycles. The van der Waals surface area contributed by atoms with Crippen LogP contribution >= 0.6 is 11.3 Å². The zero-order valence-electron chi connectivity index (χ0n) is 13.3. The van der Waals surface area contributed by atoms with Gasteiger partial charge in [0.05, 0.1) is 16.8 Å². The molecule has 2 N–H and O–H groups in total. The highest BCUT2D eigenvalue weighted by atomic mass is 32.1. The number of nitrogens with one attached hydrogen (secondary N) is 1. The van der Waals surface area contributed by atoms with E-state index in [0.29, 0.717) is 24.1 Å². The summed E-state index contributed by atoms with van der Waals surface area (Å²) in [5.74, 6) is -0.500. The van der Waals surface area contributed by atoms with Crippen LogP contribution in [0, 0.1) is 5.82 Å². The van der Waals surface area contributed by atoms with E-state index in [1.807, 2.05) is 13.8 Å². The van der Waals surface area contributed by atoms with Gasteiger partial charge in [-0.15, -0.1) is 11.3 Å². The van der Waals surface area contributed by atoms with Gasteiger partial charge in [-0.2, -0.15) is 0 Å². The number of nitrogens with zero attached hydrogens (tertiary/aromatic N) is 1. The van der Waals surface area contributed by atoms with Crippen LogP contribution in [0.1, 0.15) is 46.9 Å². The molecular weight excluding hydrogens is 315 g/mol. The van der Waals surface area contributed by atoms with E-state index in [-0.39, 0.29) is 18.3 Å². The average Bonchev–Trinajstić information content (AvgIpc) is 3.03. The SMILES string of the molecule is CCC(O)(CC)CNC(=O)c1cnc(Cc2ccc(F)cc2)s1. The molecule has 1 aromatic carbocycles. The molecule has 0 spiro atoms. The summed E-state index contributed by atoms with van der Waals surface area (Å²) in [6.45, 7) is 4.01. The van der Waals surface area contributed by atoms with Crippen molar-refractivity contribution < 1.29 is 14.3 Å². The predicted molar refractivity (Wildman–Crippen MR) is 89.2 cm³/mol. The highest BCUT2D eigenvalue weighted by Crippen LogP contribution is 2.18. The summed E-state index contributed by atoms with van der Waals surface area (Å²) >= 11 is 1.31. The third kappa shape index (κ3) is 4.84. The van der Waals surface area contributed by atoms with Crippen LogP contribution in [-0.4, -0.2) is 28.1 Å². The van der Waals surface area contributed by atoms with Crippen molar-refractivity contribution in [1.29, 1.82) is 0 Å². The fourth-order valence-electron chi connectivity index (χ4n) is 2.11. The molecule has 0 aliphatic rings. The Hall–Kier alpha value is -1.79. The molecule has 1 aromatic heterocycles. The van der Waals surface area contributed by atoms with Gasteiger partial charge in [-0.3, -0.25) is 4.79 Å². The van der Waals surface area contributed by atoms with E-state index >= 15 is 0 Å². The van der Waals surface area contributed by atoms with E-state index in [2.05, 4.69) is 10.3 Å². The van der Waals surface area contributed by atoms with E-state index in [9.17, 15) is 14.3 Å². The summed E-state index contributed by atoms with van der Waals surface area (Å²) in [6.07, 6.45) is 3.27. The lowest BCUT2D eigenvalue weighted by Gasteiger charge is -2.25. The molecule has 4 nitrogen and oxygen atoms in total. The molecule has 124 valence electrons. The van der Waals surface area contributed by atoms with Crippen LogP contribution < -0.4 is 5.32 Å². The predicted octanol–water partition coefficient (Wildman–Crippen LogP) is 3.15. The first-order chi connectivity index (χ1) is 11.0. The maximum absolute atomic E-state index is 12.9. The van der Waals surface area contributed by atoms with Crippen LogP contribution in [0.2, 0.25) is 0 Å². The molecule has 1 heterocycles. The van der Waals surface area contributed by atoms with Crippen LogP contribution in [-0.2, 0) is 6.42 Å². The van der Waals surface area contributed by atoms with Gasteiger partial charge in [0.2, 0.25) is 0 Å². The number of aliphatic hydroxyl groups is 1. The van der Waals surface area contributed by atoms with Crippen molar-refractivity contribution in [2.45, 2.75) is 38.7 Å². The first-order valence-corrected chi connectivity index (χ1v) is 8.47. The second-order valence-corrected chi connectivity index (χ2v) is 6.65. The van der Waals surface area contributed by atoms with E-state index < -0.39 is 5.60 Å². The van der Waals surface area contributed by atoms with Gasteiger partial charge in [0, 0.05) is 13.0 Å². The molecule has 0 aliphatic carbocycles. The van der Waals surface area contributed by atoms with E-state index in [0.717, 1.165) is 10.6 Å². The minimum absolute atomic E-state index is 0.226. The van der Waals surface area contributed by atoms with Gasteiger partial charge in [-0.25, -0.2) is 9.37 Å². The number of thiazole rings is 1. The zero-order chi connectivity index (χ0) is 16.9. The molecule has 2 rings (SSSR count). The highest BCUT2D eigenvalue weighted by Gasteiger charge is 2.23. The van der Waals surface area contributed by atoms with Gasteiger partial charge in [-0.1, -0.05) is 26.0 Å². The first-order valence-electron chi connectivity index (χ1n) is 7.65. The van der Waals surface area contributed by atoms with Gasteiger partial charge < -0.3 is 10.4 Å². The van der Waals surface area contributed by atoms with Crippen molar-refractivity contribution in [3.63, 3.8) is 0 Å². The van der Waals surface area contributed by atoms with Crippen molar-refractivity contribution in [3.8, 4) is 0 Å². The number of rotatable bonds is 7. The smallest absolute Gasteiger partial charge is 0.263 e. The molecule has 2 aromatic rings. The number of carbonyl (C=O) groups is 1. The summed E-state index contributed by atoms with van der Waals surface area (Å²) in [6, 6.07) is 6.23. The summed E-state index contributed by atoms with van der Waals surface area (Å²) in [4.78, 5) is 16.9. The van der Waals surface area contributed by atoms with Crippen LogP contribution in [0.3, 0.4) is 0 Å². The molecule has 1 amide bonds. The average molecular weight is 336 g/mol. The molecule has 0 fully saturated rings. The molecule has 0 saturated heterocycles. The maximum Gasteiger partial charge on any atom is 0.263 e. The molecule has 23 heavy (non-hydrogen) atoms. The molecule has 6 heteroatoms. The van der Waals surface area contributed by atoms with Gasteiger partial charge in [-0.05, 0) is 30.5 Å². The third-order valence-electron chi connectivity index (χ3n) is 3.94. The number of aromatic nitrogens is 1. The number of amides is 1. The maximum atomic E-state index is 12.9.